The van der Waals surface area contributed by atoms with Crippen molar-refractivity contribution in [2.45, 2.75) is 98.1 Å². The summed E-state index contributed by atoms with van der Waals surface area (Å²) >= 11 is 17.7. The van der Waals surface area contributed by atoms with E-state index in [1.165, 1.54) is 56.1 Å². The Hall–Kier alpha value is -7.61. The number of amides is 1. The second-order valence-electron chi connectivity index (χ2n) is 23.5. The number of anilines is 1. The number of thiazole rings is 3. The molecule has 17 heteroatoms. The van der Waals surface area contributed by atoms with Gasteiger partial charge in [0.15, 0.2) is 19.5 Å². The lowest BCUT2D eigenvalue weighted by atomic mass is 9.84. The minimum atomic E-state index is -0.290. The third kappa shape index (κ3) is 12.6. The van der Waals surface area contributed by atoms with Crippen LogP contribution in [0.25, 0.3) is 55.2 Å². The number of hydrogen-bond donors (Lipinski definition) is 2. The summed E-state index contributed by atoms with van der Waals surface area (Å²) in [6.45, 7) is 23.1. The molecular formula is C72H65N5O5S7. The van der Waals surface area contributed by atoms with E-state index in [1.807, 2.05) is 111 Å². The van der Waals surface area contributed by atoms with Crippen molar-refractivity contribution in [1.82, 2.24) is 14.1 Å². The molecular weight excluding hydrogens is 1240 g/mol. The minimum absolute atomic E-state index is 0.0246. The topological polar surface area (TPSA) is 130 Å². The summed E-state index contributed by atoms with van der Waals surface area (Å²) in [5.41, 5.74) is 7.45. The molecule has 10 nitrogen and oxygen atoms in total. The second kappa shape index (κ2) is 25.7. The van der Waals surface area contributed by atoms with Gasteiger partial charge in [-0.1, -0.05) is 186 Å². The predicted octanol–water partition coefficient (Wildman–Crippen LogP) is 20.1. The number of hydrogen-bond acceptors (Lipinski definition) is 14. The zero-order valence-corrected chi connectivity index (χ0v) is 56.6. The molecule has 5 heterocycles. The number of allylic oxidation sites excluding steroid dienone is 2. The number of aryl methyl sites for hydroxylation is 1. The Balaban J connectivity index is 0.000000154. The van der Waals surface area contributed by atoms with Crippen LogP contribution in [0.4, 0.5) is 5.69 Å². The zero-order valence-electron chi connectivity index (χ0n) is 50.9. The molecule has 8 aromatic carbocycles. The van der Waals surface area contributed by atoms with Crippen molar-refractivity contribution in [3.05, 3.63) is 223 Å². The number of benzene rings is 8. The van der Waals surface area contributed by atoms with E-state index in [4.69, 9.17) is 24.4 Å². The lowest BCUT2D eigenvalue weighted by Gasteiger charge is -2.20. The molecule has 2 aliphatic heterocycles. The number of thioether (sulfide) groups is 2. The van der Waals surface area contributed by atoms with E-state index in [2.05, 4.69) is 136 Å². The van der Waals surface area contributed by atoms with Crippen molar-refractivity contribution in [2.24, 2.45) is 4.99 Å². The van der Waals surface area contributed by atoms with Gasteiger partial charge in [-0.15, -0.1) is 22.7 Å². The van der Waals surface area contributed by atoms with Crippen molar-refractivity contribution in [3.8, 4) is 11.8 Å². The Morgan fingerprint density at radius 3 is 1.60 bits per heavy atom. The molecule has 450 valence electrons. The Kier molecular flexibility index (Phi) is 18.2. The minimum Gasteiger partial charge on any atom is -0.493 e. The number of fused-ring (bicyclic) bond motifs is 3. The van der Waals surface area contributed by atoms with Crippen molar-refractivity contribution in [3.63, 3.8) is 0 Å². The summed E-state index contributed by atoms with van der Waals surface area (Å²) in [6, 6.07) is 44.9. The number of ketones is 2. The van der Waals surface area contributed by atoms with E-state index >= 15 is 0 Å². The molecule has 0 spiro atoms. The highest BCUT2D eigenvalue weighted by Crippen LogP contribution is 2.47. The highest BCUT2D eigenvalue weighted by molar-refractivity contribution is 8.19. The Bertz CT molecular complexity index is 4670. The van der Waals surface area contributed by atoms with Gasteiger partial charge in [0.25, 0.3) is 5.91 Å². The molecule has 3 aromatic heterocycles. The highest BCUT2D eigenvalue weighted by atomic mass is 32.2. The normalized spacial score (nSPS) is 14.3. The summed E-state index contributed by atoms with van der Waals surface area (Å²) in [5.74, 6) is 0.0810. The molecule has 11 aromatic rings. The van der Waals surface area contributed by atoms with Gasteiger partial charge in [0, 0.05) is 57.9 Å². The van der Waals surface area contributed by atoms with E-state index in [0.29, 0.717) is 58.1 Å². The van der Waals surface area contributed by atoms with Gasteiger partial charge in [-0.3, -0.25) is 23.5 Å². The van der Waals surface area contributed by atoms with Gasteiger partial charge in [0.1, 0.15) is 14.9 Å². The van der Waals surface area contributed by atoms with Gasteiger partial charge in [0.2, 0.25) is 11.8 Å². The Morgan fingerprint density at radius 1 is 0.584 bits per heavy atom. The molecule has 0 fully saturated rings. The predicted molar refractivity (Wildman–Crippen MR) is 382 cm³/mol. The molecule has 1 amide bonds. The van der Waals surface area contributed by atoms with Crippen molar-refractivity contribution in [1.29, 1.82) is 0 Å². The van der Waals surface area contributed by atoms with E-state index in [1.54, 1.807) is 32.2 Å². The number of nitrogens with zero attached hydrogens (tertiary/aromatic N) is 5. The van der Waals surface area contributed by atoms with E-state index in [0.717, 1.165) is 70.2 Å². The first-order valence-electron chi connectivity index (χ1n) is 29.2. The first-order valence-corrected chi connectivity index (χ1v) is 34.2. The third-order valence-electron chi connectivity index (χ3n) is 15.7. The number of carbonyl (C=O) groups excluding carboxylic acids is 3. The fourth-order valence-electron chi connectivity index (χ4n) is 11.0. The first-order chi connectivity index (χ1) is 42.6. The van der Waals surface area contributed by atoms with Crippen molar-refractivity contribution < 1.29 is 24.6 Å². The summed E-state index contributed by atoms with van der Waals surface area (Å²) in [5, 5.41) is 33.3. The third-order valence-corrected chi connectivity index (χ3v) is 21.8. The summed E-state index contributed by atoms with van der Waals surface area (Å²) < 4.78 is 4.62. The van der Waals surface area contributed by atoms with Gasteiger partial charge in [-0.25, -0.2) is 4.98 Å². The van der Waals surface area contributed by atoms with Gasteiger partial charge in [-0.2, -0.15) is 4.99 Å². The molecule has 0 bridgehead atoms. The number of aromatic hydroxyl groups is 2. The average molecular weight is 1300 g/mol. The SMILES string of the molecule is CC(C)(C)c1ccc(C(=O)c2ccc3c4cccc5c(C(=O)c6ccc(C(C)(C)C)cc6)ccc(c6cccc2c63)c54)cc1.CCN1/C(=C/C=C2/SC(c3sc(=S)n(CC)c3O)=NC2=O)Sc2ccccc21.CCn1c(O)c(C=Cc2nc(C)cs2)sc1=S. The standard InChI is InChI=1S/C42H36O2.C19H17N3O2S4.C11H12N2OS3/c1-41(2,3)27-17-13-25(14-18-27)39(43)35-23-21-33-30-10-8-12-32-36(40(44)26-15-19-28(20-16-26)42(4,5)6)24-22-34(38(30)32)29-9-7-11-31(35)37(29)33;1-3-21-11-7-5-6-8-12(11)26-14(21)10-9-13-16(23)20-17(27-13)15-18(24)22(4-2)19(25)28-15;1-3-13-10(14)8(17-11(13)15)4-5-9-12-7(2)6-16-9/h7-24H,1-6H3;5-10,24H,3-4H2,1-2H3;4-6,14H,3H2,1-2H3/b;13-9+,14-10-;. The molecule has 0 saturated heterocycles. The lowest BCUT2D eigenvalue weighted by molar-refractivity contribution is -0.113. The van der Waals surface area contributed by atoms with Crippen LogP contribution in [-0.2, 0) is 28.7 Å². The van der Waals surface area contributed by atoms with Crippen LogP contribution in [0, 0.1) is 14.8 Å². The quantitative estimate of drug-likeness (QED) is 0.0422. The van der Waals surface area contributed by atoms with Crippen LogP contribution in [0.1, 0.15) is 126 Å². The molecule has 0 radical (unpaired) electrons. The van der Waals surface area contributed by atoms with E-state index in [9.17, 15) is 24.6 Å². The molecule has 2 aliphatic rings. The number of aliphatic imine (C=N–C) groups is 1. The average Bonchev–Trinajstić information content (AvgIpc) is 1.53. The molecule has 2 N–H and O–H groups in total. The summed E-state index contributed by atoms with van der Waals surface area (Å²) in [4.78, 5) is 53.9. The van der Waals surface area contributed by atoms with Crippen LogP contribution in [-0.4, -0.2) is 53.4 Å². The summed E-state index contributed by atoms with van der Waals surface area (Å²) in [6.07, 6.45) is 7.54. The van der Waals surface area contributed by atoms with Crippen molar-refractivity contribution >= 4 is 165 Å². The van der Waals surface area contributed by atoms with Gasteiger partial charge < -0.3 is 15.1 Å². The molecule has 0 atom stereocenters. The lowest BCUT2D eigenvalue weighted by Crippen LogP contribution is -2.16. The second-order valence-corrected chi connectivity index (χ2v) is 29.8. The smallest absolute Gasteiger partial charge is 0.284 e. The Labute approximate surface area is 548 Å². The van der Waals surface area contributed by atoms with Gasteiger partial charge in [0.05, 0.1) is 20.5 Å². The number of carbonyl (C=O) groups is 3. The van der Waals surface area contributed by atoms with Gasteiger partial charge in [-0.05, 0) is 166 Å². The van der Waals surface area contributed by atoms with Crippen LogP contribution >= 0.6 is 82.0 Å². The largest absolute Gasteiger partial charge is 0.493 e. The van der Waals surface area contributed by atoms with Crippen LogP contribution in [0.15, 0.2) is 171 Å². The number of rotatable bonds is 11. The van der Waals surface area contributed by atoms with Crippen molar-refractivity contribution in [2.75, 3.05) is 11.4 Å². The number of aromatic nitrogens is 3. The summed E-state index contributed by atoms with van der Waals surface area (Å²) in [7, 11) is 0. The monoisotopic (exact) mass is 1300 g/mol. The van der Waals surface area contributed by atoms with Crippen LogP contribution in [0.2, 0.25) is 0 Å². The number of para-hydroxylation sites is 1. The molecule has 0 aliphatic carbocycles. The fraction of sp³-hybridized carbons (Fsp3) is 0.208. The van der Waals surface area contributed by atoms with Crippen LogP contribution in [0.3, 0.4) is 0 Å². The molecule has 0 saturated carbocycles. The van der Waals surface area contributed by atoms with Crippen LogP contribution in [0.5, 0.6) is 11.8 Å². The maximum Gasteiger partial charge on any atom is 0.284 e. The zero-order chi connectivity index (χ0) is 63.2. The Morgan fingerprint density at radius 2 is 1.10 bits per heavy atom. The fourth-order valence-corrected chi connectivity index (χ4v) is 16.5. The van der Waals surface area contributed by atoms with E-state index in [-0.39, 0.29) is 40.1 Å². The van der Waals surface area contributed by atoms with E-state index < -0.39 is 0 Å². The van der Waals surface area contributed by atoms with Gasteiger partial charge >= 0.3 is 0 Å². The maximum absolute atomic E-state index is 13.9. The highest BCUT2D eigenvalue weighted by Gasteiger charge is 2.29. The molecule has 89 heavy (non-hydrogen) atoms. The maximum atomic E-state index is 13.9. The molecule has 0 unspecified atom stereocenters. The molecule has 13 rings (SSSR count). The van der Waals surface area contributed by atoms with Crippen LogP contribution < -0.4 is 4.90 Å². The first kappa shape index (κ1) is 63.0.